The molecule has 2 aromatic rings. The summed E-state index contributed by atoms with van der Waals surface area (Å²) in [4.78, 5) is 16.9. The van der Waals surface area contributed by atoms with Gasteiger partial charge in [-0.05, 0) is 37.0 Å². The lowest BCUT2D eigenvalue weighted by Gasteiger charge is -2.07. The maximum Gasteiger partial charge on any atom is 0.334 e. The Hall–Kier alpha value is -2.56. The molecule has 5 heteroatoms. The number of aryl methyl sites for hydroxylation is 2. The van der Waals surface area contributed by atoms with Crippen molar-refractivity contribution in [1.82, 2.24) is 4.98 Å². The number of ether oxygens (including phenoxy) is 2. The van der Waals surface area contributed by atoms with Gasteiger partial charge in [0.05, 0.1) is 19.2 Å². The van der Waals surface area contributed by atoms with Crippen LogP contribution in [-0.2, 0) is 35.4 Å². The highest BCUT2D eigenvalue weighted by molar-refractivity contribution is 5.88. The van der Waals surface area contributed by atoms with Crippen LogP contribution in [0.3, 0.4) is 0 Å². The number of hydrogen-bond donors (Lipinski definition) is 0. The highest BCUT2D eigenvalue weighted by atomic mass is 16.5. The quantitative estimate of drug-likeness (QED) is 0.371. The van der Waals surface area contributed by atoms with Crippen molar-refractivity contribution in [2.75, 3.05) is 7.11 Å². The highest BCUT2D eigenvalue weighted by Gasteiger charge is 2.17. The summed E-state index contributed by atoms with van der Waals surface area (Å²) in [5.41, 5.74) is 2.25. The van der Waals surface area contributed by atoms with Gasteiger partial charge >= 0.3 is 5.97 Å². The molecule has 28 heavy (non-hydrogen) atoms. The Morgan fingerprint density at radius 2 is 1.79 bits per heavy atom. The fourth-order valence-electron chi connectivity index (χ4n) is 2.81. The highest BCUT2D eigenvalue weighted by Crippen LogP contribution is 2.19. The number of carbonyl (C=O) groups excluding carboxylic acids is 1. The van der Waals surface area contributed by atoms with Crippen molar-refractivity contribution in [3.63, 3.8) is 0 Å². The number of esters is 1. The summed E-state index contributed by atoms with van der Waals surface area (Å²) >= 11 is 0. The van der Waals surface area contributed by atoms with E-state index in [1.807, 2.05) is 24.3 Å². The van der Waals surface area contributed by atoms with Gasteiger partial charge in [0.25, 0.3) is 0 Å². The van der Waals surface area contributed by atoms with Gasteiger partial charge in [-0.3, -0.25) is 0 Å². The molecule has 0 spiro atoms. The minimum absolute atomic E-state index is 0.191. The molecule has 5 nitrogen and oxygen atoms in total. The fraction of sp³-hybridized carbons (Fsp3) is 0.478. The maximum absolute atomic E-state index is 12.3. The zero-order valence-electron chi connectivity index (χ0n) is 17.3. The van der Waals surface area contributed by atoms with Crippen LogP contribution in [0.4, 0.5) is 0 Å². The van der Waals surface area contributed by atoms with E-state index in [9.17, 15) is 4.79 Å². The van der Waals surface area contributed by atoms with Gasteiger partial charge in [0.2, 0.25) is 0 Å². The molecule has 0 saturated heterocycles. The second kappa shape index (κ2) is 11.3. The topological polar surface area (TPSA) is 61.6 Å². The number of methoxy groups -OCH3 is 1. The average molecular weight is 386 g/mol. The minimum Gasteiger partial charge on any atom is -0.497 e. The van der Waals surface area contributed by atoms with E-state index in [4.69, 9.17) is 13.9 Å². The van der Waals surface area contributed by atoms with E-state index < -0.39 is 5.97 Å². The van der Waals surface area contributed by atoms with Gasteiger partial charge < -0.3 is 13.9 Å². The lowest BCUT2D eigenvalue weighted by molar-refractivity contribution is -0.140. The standard InChI is InChI=1S/C23H31NO4/c1-5-7-9-20-21(10-8-6-2)28-22(24-20)15-17(3)23(25)27-16-18-11-13-19(26-4)14-12-18/h11-14H,3,5-10,15-16H2,1-2,4H3. The van der Waals surface area contributed by atoms with Crippen molar-refractivity contribution in [3.05, 3.63) is 59.3 Å². The second-order valence-corrected chi connectivity index (χ2v) is 6.89. The van der Waals surface area contributed by atoms with Crippen LogP contribution in [0.1, 0.15) is 62.4 Å². The Morgan fingerprint density at radius 1 is 1.11 bits per heavy atom. The van der Waals surface area contributed by atoms with Crippen molar-refractivity contribution in [1.29, 1.82) is 0 Å². The molecule has 0 bridgehead atoms. The molecule has 0 saturated carbocycles. The molecule has 1 heterocycles. The average Bonchev–Trinajstić information content (AvgIpc) is 3.10. The van der Waals surface area contributed by atoms with E-state index in [1.165, 1.54) is 0 Å². The molecule has 0 atom stereocenters. The molecule has 152 valence electrons. The molecule has 0 N–H and O–H groups in total. The molecule has 2 rings (SSSR count). The van der Waals surface area contributed by atoms with E-state index in [0.29, 0.717) is 11.5 Å². The smallest absolute Gasteiger partial charge is 0.334 e. The number of oxazole rings is 1. The van der Waals surface area contributed by atoms with Gasteiger partial charge in [-0.25, -0.2) is 9.78 Å². The zero-order valence-corrected chi connectivity index (χ0v) is 17.3. The van der Waals surface area contributed by atoms with Crippen LogP contribution in [0.15, 0.2) is 40.8 Å². The maximum atomic E-state index is 12.3. The van der Waals surface area contributed by atoms with Gasteiger partial charge in [0.15, 0.2) is 5.89 Å². The second-order valence-electron chi connectivity index (χ2n) is 6.89. The Balaban J connectivity index is 1.92. The van der Waals surface area contributed by atoms with E-state index in [1.54, 1.807) is 7.11 Å². The molecule has 1 aromatic heterocycles. The number of rotatable bonds is 12. The third-order valence-electron chi connectivity index (χ3n) is 4.53. The van der Waals surface area contributed by atoms with Gasteiger partial charge in [-0.1, -0.05) is 45.4 Å². The summed E-state index contributed by atoms with van der Waals surface area (Å²) in [7, 11) is 1.61. The molecule has 0 aliphatic carbocycles. The summed E-state index contributed by atoms with van der Waals surface area (Å²) in [5.74, 6) is 1.83. The lowest BCUT2D eigenvalue weighted by atomic mass is 10.1. The van der Waals surface area contributed by atoms with Crippen LogP contribution < -0.4 is 4.74 Å². The number of nitrogens with zero attached hydrogens (tertiary/aromatic N) is 1. The Labute approximate surface area is 167 Å². The van der Waals surface area contributed by atoms with Crippen molar-refractivity contribution in [2.24, 2.45) is 0 Å². The van der Waals surface area contributed by atoms with Crippen molar-refractivity contribution >= 4 is 5.97 Å². The predicted octanol–water partition coefficient (Wildman–Crippen LogP) is 5.21. The van der Waals surface area contributed by atoms with Crippen molar-refractivity contribution < 1.29 is 18.7 Å². The Kier molecular flexibility index (Phi) is 8.79. The normalized spacial score (nSPS) is 10.7. The number of aromatic nitrogens is 1. The van der Waals surface area contributed by atoms with Crippen LogP contribution >= 0.6 is 0 Å². The van der Waals surface area contributed by atoms with Crippen LogP contribution in [-0.4, -0.2) is 18.1 Å². The number of hydrogen-bond acceptors (Lipinski definition) is 5. The summed E-state index contributed by atoms with van der Waals surface area (Å²) in [6.07, 6.45) is 6.43. The minimum atomic E-state index is -0.431. The van der Waals surface area contributed by atoms with Gasteiger partial charge in [0.1, 0.15) is 18.1 Å². The fourth-order valence-corrected chi connectivity index (χ4v) is 2.81. The third-order valence-corrected chi connectivity index (χ3v) is 4.53. The van der Waals surface area contributed by atoms with Crippen LogP contribution in [0.25, 0.3) is 0 Å². The summed E-state index contributed by atoms with van der Waals surface area (Å²) < 4.78 is 16.4. The van der Waals surface area contributed by atoms with Gasteiger partial charge in [-0.2, -0.15) is 0 Å². The summed E-state index contributed by atoms with van der Waals surface area (Å²) in [6, 6.07) is 7.40. The molecule has 0 aliphatic rings. The summed E-state index contributed by atoms with van der Waals surface area (Å²) in [6.45, 7) is 8.37. The first-order valence-corrected chi connectivity index (χ1v) is 10.0. The van der Waals surface area contributed by atoms with Crippen molar-refractivity contribution in [3.8, 4) is 5.75 Å². The van der Waals surface area contributed by atoms with E-state index in [0.717, 1.165) is 61.3 Å². The first kappa shape index (κ1) is 21.7. The molecule has 0 radical (unpaired) electrons. The summed E-state index contributed by atoms with van der Waals surface area (Å²) in [5, 5.41) is 0. The van der Waals surface area contributed by atoms with Gasteiger partial charge in [-0.15, -0.1) is 0 Å². The first-order valence-electron chi connectivity index (χ1n) is 10.0. The monoisotopic (exact) mass is 385 g/mol. The largest absolute Gasteiger partial charge is 0.497 e. The SMILES string of the molecule is C=C(Cc1nc(CCCC)c(CCCC)o1)C(=O)OCc1ccc(OC)cc1. The predicted molar refractivity (Wildman–Crippen MR) is 109 cm³/mol. The van der Waals surface area contributed by atoms with Crippen LogP contribution in [0.5, 0.6) is 5.75 Å². The molecule has 0 amide bonds. The van der Waals surface area contributed by atoms with E-state index in [2.05, 4.69) is 25.4 Å². The molecule has 1 aromatic carbocycles. The Morgan fingerprint density at radius 3 is 2.43 bits per heavy atom. The van der Waals surface area contributed by atoms with Crippen LogP contribution in [0, 0.1) is 0 Å². The molecule has 0 unspecified atom stereocenters. The van der Waals surface area contributed by atoms with E-state index >= 15 is 0 Å². The van der Waals surface area contributed by atoms with Crippen LogP contribution in [0.2, 0.25) is 0 Å². The molecular weight excluding hydrogens is 354 g/mol. The lowest BCUT2D eigenvalue weighted by Crippen LogP contribution is -2.09. The Bertz CT molecular complexity index is 736. The molecule has 0 aliphatic heterocycles. The molecular formula is C23H31NO4. The van der Waals surface area contributed by atoms with E-state index in [-0.39, 0.29) is 13.0 Å². The van der Waals surface area contributed by atoms with Crippen molar-refractivity contribution in [2.45, 2.75) is 65.4 Å². The third kappa shape index (κ3) is 6.55. The first-order chi connectivity index (χ1) is 13.6. The zero-order chi connectivity index (χ0) is 20.4. The number of carbonyl (C=O) groups is 1. The number of benzene rings is 1. The molecule has 0 fully saturated rings. The van der Waals surface area contributed by atoms with Gasteiger partial charge in [0, 0.05) is 12.0 Å². The number of unbranched alkanes of at least 4 members (excludes halogenated alkanes) is 2.